The molecule has 7 heteroatoms. The maximum absolute atomic E-state index is 12.2. The fourth-order valence-corrected chi connectivity index (χ4v) is 2.82. The van der Waals surface area contributed by atoms with Gasteiger partial charge in [0.2, 0.25) is 12.7 Å². The van der Waals surface area contributed by atoms with Crippen molar-refractivity contribution in [2.75, 3.05) is 12.1 Å². The Kier molecular flexibility index (Phi) is 5.14. The van der Waals surface area contributed by atoms with Crippen LogP contribution in [0.1, 0.15) is 12.5 Å². The average Bonchev–Trinajstić information content (AvgIpc) is 2.99. The van der Waals surface area contributed by atoms with E-state index in [1.807, 2.05) is 18.2 Å². The molecule has 1 amide bonds. The highest BCUT2D eigenvalue weighted by atomic mass is 35.5. The van der Waals surface area contributed by atoms with E-state index >= 15 is 0 Å². The molecule has 126 valence electrons. The van der Waals surface area contributed by atoms with Gasteiger partial charge in [-0.15, -0.1) is 0 Å². The van der Waals surface area contributed by atoms with Crippen molar-refractivity contribution < 1.29 is 14.3 Å². The highest BCUT2D eigenvalue weighted by molar-refractivity contribution is 6.35. The summed E-state index contributed by atoms with van der Waals surface area (Å²) in [4.78, 5) is 12.2. The van der Waals surface area contributed by atoms with Gasteiger partial charge in [-0.3, -0.25) is 4.79 Å². The van der Waals surface area contributed by atoms with Crippen molar-refractivity contribution in [1.29, 1.82) is 0 Å². The Bertz CT molecular complexity index is 747. The number of ether oxygens (including phenoxy) is 2. The monoisotopic (exact) mass is 366 g/mol. The topological polar surface area (TPSA) is 59.6 Å². The van der Waals surface area contributed by atoms with Crippen molar-refractivity contribution in [3.05, 3.63) is 52.0 Å². The molecule has 0 saturated heterocycles. The van der Waals surface area contributed by atoms with Gasteiger partial charge in [0.15, 0.2) is 11.5 Å². The van der Waals surface area contributed by atoms with Gasteiger partial charge in [-0.05, 0) is 42.8 Å². The van der Waals surface area contributed by atoms with Crippen LogP contribution in [0, 0.1) is 0 Å². The average molecular weight is 367 g/mol. The normalized spacial score (nSPS) is 13.6. The van der Waals surface area contributed by atoms with E-state index in [0.717, 1.165) is 17.1 Å². The van der Waals surface area contributed by atoms with Crippen molar-refractivity contribution in [1.82, 2.24) is 5.32 Å². The number of halogens is 2. The molecule has 2 aromatic rings. The first-order chi connectivity index (χ1) is 11.5. The lowest BCUT2D eigenvalue weighted by Crippen LogP contribution is -2.37. The smallest absolute Gasteiger partial charge is 0.241 e. The van der Waals surface area contributed by atoms with Crippen LogP contribution < -0.4 is 20.1 Å². The van der Waals surface area contributed by atoms with E-state index in [-0.39, 0.29) is 12.7 Å². The minimum absolute atomic E-state index is 0.172. The van der Waals surface area contributed by atoms with E-state index in [1.165, 1.54) is 0 Å². The van der Waals surface area contributed by atoms with Gasteiger partial charge in [-0.2, -0.15) is 0 Å². The number of hydrogen-bond donors (Lipinski definition) is 2. The van der Waals surface area contributed by atoms with Crippen LogP contribution in [0.25, 0.3) is 0 Å². The maximum atomic E-state index is 12.2. The molecule has 0 radical (unpaired) electrons. The highest BCUT2D eigenvalue weighted by Gasteiger charge is 2.15. The second kappa shape index (κ2) is 7.30. The summed E-state index contributed by atoms with van der Waals surface area (Å²) in [6, 6.07) is 10.2. The Hall–Kier alpha value is -1.95. The number of carbonyl (C=O) groups is 1. The first kappa shape index (κ1) is 16.9. The number of fused-ring (bicyclic) bond motifs is 1. The molecule has 1 heterocycles. The van der Waals surface area contributed by atoms with E-state index in [1.54, 1.807) is 25.1 Å². The lowest BCUT2D eigenvalue weighted by molar-refractivity contribution is -0.117. The maximum Gasteiger partial charge on any atom is 0.241 e. The summed E-state index contributed by atoms with van der Waals surface area (Å²) < 4.78 is 10.6. The number of rotatable bonds is 5. The van der Waals surface area contributed by atoms with Gasteiger partial charge >= 0.3 is 0 Å². The first-order valence-electron chi connectivity index (χ1n) is 7.40. The lowest BCUT2D eigenvalue weighted by atomic mass is 10.2. The van der Waals surface area contributed by atoms with E-state index in [2.05, 4.69) is 10.6 Å². The Morgan fingerprint density at radius 1 is 1.12 bits per heavy atom. The largest absolute Gasteiger partial charge is 0.454 e. The minimum Gasteiger partial charge on any atom is -0.454 e. The molecule has 0 aromatic heterocycles. The Morgan fingerprint density at radius 3 is 2.58 bits per heavy atom. The minimum atomic E-state index is -0.395. The van der Waals surface area contributed by atoms with Crippen LogP contribution >= 0.6 is 23.2 Å². The van der Waals surface area contributed by atoms with Crippen LogP contribution in [-0.2, 0) is 11.3 Å². The van der Waals surface area contributed by atoms with Crippen LogP contribution in [-0.4, -0.2) is 18.7 Å². The molecule has 0 spiro atoms. The van der Waals surface area contributed by atoms with Crippen LogP contribution in [0.2, 0.25) is 10.0 Å². The molecule has 2 N–H and O–H groups in total. The number of amides is 1. The van der Waals surface area contributed by atoms with Crippen LogP contribution in [0.5, 0.6) is 11.5 Å². The van der Waals surface area contributed by atoms with Gasteiger partial charge in [-0.25, -0.2) is 0 Å². The quantitative estimate of drug-likeness (QED) is 0.843. The number of anilines is 1. The van der Waals surface area contributed by atoms with E-state index in [4.69, 9.17) is 32.7 Å². The molecule has 3 rings (SSSR count). The first-order valence-corrected chi connectivity index (χ1v) is 8.16. The van der Waals surface area contributed by atoms with Gasteiger partial charge in [-0.1, -0.05) is 29.3 Å². The van der Waals surface area contributed by atoms with Crippen molar-refractivity contribution in [2.24, 2.45) is 0 Å². The van der Waals surface area contributed by atoms with Gasteiger partial charge < -0.3 is 20.1 Å². The second-order valence-corrected chi connectivity index (χ2v) is 6.31. The molecule has 24 heavy (non-hydrogen) atoms. The van der Waals surface area contributed by atoms with E-state index in [0.29, 0.717) is 22.3 Å². The molecule has 0 bridgehead atoms. The molecule has 5 nitrogen and oxygen atoms in total. The number of nitrogens with one attached hydrogen (secondary N) is 2. The molecule has 0 fully saturated rings. The van der Waals surface area contributed by atoms with Gasteiger partial charge in [0.25, 0.3) is 0 Å². The SMILES string of the molecule is C[C@@H](NCc1ccc2c(c1)OCO2)C(=O)Nc1cc(Cl)cc(Cl)c1. The molecule has 0 saturated carbocycles. The predicted molar refractivity (Wildman–Crippen MR) is 94.0 cm³/mol. The third kappa shape index (κ3) is 4.12. The zero-order chi connectivity index (χ0) is 17.1. The Morgan fingerprint density at radius 2 is 1.83 bits per heavy atom. The molecule has 1 atom stereocenters. The predicted octanol–water partition coefficient (Wildman–Crippen LogP) is 3.84. The van der Waals surface area contributed by atoms with Crippen LogP contribution in [0.4, 0.5) is 5.69 Å². The lowest BCUT2D eigenvalue weighted by Gasteiger charge is -2.14. The van der Waals surface area contributed by atoms with E-state index < -0.39 is 6.04 Å². The zero-order valence-electron chi connectivity index (χ0n) is 12.9. The summed E-state index contributed by atoms with van der Waals surface area (Å²) in [7, 11) is 0. The van der Waals surface area contributed by atoms with Crippen molar-refractivity contribution in [3.8, 4) is 11.5 Å². The van der Waals surface area contributed by atoms with Crippen molar-refractivity contribution >= 4 is 34.8 Å². The summed E-state index contributed by atoms with van der Waals surface area (Å²) in [5.74, 6) is 1.29. The standard InChI is InChI=1S/C17H16Cl2N2O3/c1-10(17(22)21-14-6-12(18)5-13(19)7-14)20-8-11-2-3-15-16(4-11)24-9-23-15/h2-7,10,20H,8-9H2,1H3,(H,21,22)/t10-/m1/s1. The molecule has 1 aliphatic heterocycles. The Balaban J connectivity index is 1.56. The van der Waals surface area contributed by atoms with Gasteiger partial charge in [0.1, 0.15) is 0 Å². The molecule has 0 unspecified atom stereocenters. The van der Waals surface area contributed by atoms with Crippen molar-refractivity contribution in [3.63, 3.8) is 0 Å². The molecular formula is C17H16Cl2N2O3. The van der Waals surface area contributed by atoms with Crippen molar-refractivity contribution in [2.45, 2.75) is 19.5 Å². The van der Waals surface area contributed by atoms with Crippen LogP contribution in [0.15, 0.2) is 36.4 Å². The van der Waals surface area contributed by atoms with Gasteiger partial charge in [0.05, 0.1) is 6.04 Å². The summed E-state index contributed by atoms with van der Waals surface area (Å²) in [6.45, 7) is 2.56. The molecular weight excluding hydrogens is 351 g/mol. The summed E-state index contributed by atoms with van der Waals surface area (Å²) in [5.41, 5.74) is 1.57. The number of carbonyl (C=O) groups excluding carboxylic acids is 1. The third-order valence-corrected chi connectivity index (χ3v) is 4.01. The highest BCUT2D eigenvalue weighted by Crippen LogP contribution is 2.32. The third-order valence-electron chi connectivity index (χ3n) is 3.57. The fourth-order valence-electron chi connectivity index (χ4n) is 2.29. The second-order valence-electron chi connectivity index (χ2n) is 5.44. The number of hydrogen-bond acceptors (Lipinski definition) is 4. The molecule has 2 aromatic carbocycles. The Labute approximate surface area is 149 Å². The summed E-state index contributed by atoms with van der Waals surface area (Å²) in [5, 5.41) is 6.89. The number of benzene rings is 2. The molecule has 0 aliphatic carbocycles. The van der Waals surface area contributed by atoms with Gasteiger partial charge in [0, 0.05) is 22.3 Å². The van der Waals surface area contributed by atoms with E-state index in [9.17, 15) is 4.79 Å². The summed E-state index contributed by atoms with van der Waals surface area (Å²) >= 11 is 11.9. The summed E-state index contributed by atoms with van der Waals surface area (Å²) in [6.07, 6.45) is 0. The zero-order valence-corrected chi connectivity index (χ0v) is 14.4. The molecule has 1 aliphatic rings. The fraction of sp³-hybridized carbons (Fsp3) is 0.235. The van der Waals surface area contributed by atoms with Crippen LogP contribution in [0.3, 0.4) is 0 Å².